The molecule has 2 unspecified atom stereocenters. The average molecular weight is 297 g/mol. The molecule has 2 rings (SSSR count). The lowest BCUT2D eigenvalue weighted by Gasteiger charge is -2.42. The van der Waals surface area contributed by atoms with Crippen LogP contribution in [0.1, 0.15) is 41.0 Å². The molecule has 1 saturated heterocycles. The van der Waals surface area contributed by atoms with Crippen LogP contribution in [0.15, 0.2) is 0 Å². The third-order valence-electron chi connectivity index (χ3n) is 5.37. The molecule has 120 valence electrons. The maximum atomic E-state index is 12.5. The van der Waals surface area contributed by atoms with Gasteiger partial charge in [0.05, 0.1) is 17.9 Å². The number of aliphatic carboxylic acids is 1. The Morgan fingerprint density at radius 2 is 1.76 bits per heavy atom. The number of aliphatic hydroxyl groups excluding tert-OH is 1. The van der Waals surface area contributed by atoms with Gasteiger partial charge in [0.25, 0.3) is 0 Å². The van der Waals surface area contributed by atoms with E-state index in [1.165, 1.54) is 0 Å². The normalized spacial score (nSPS) is 35.4. The number of aliphatic hydroxyl groups is 1. The van der Waals surface area contributed by atoms with Gasteiger partial charge < -0.3 is 15.1 Å². The van der Waals surface area contributed by atoms with Gasteiger partial charge in [-0.25, -0.2) is 0 Å². The molecular formula is C16H27NO4. The molecule has 0 aromatic carbocycles. The SMILES string of the molecule is CC(C)(C)C1CCN(C(=O)[C@@H]2[C@H](C(=O)O)C2(C)C)CC1O. The summed E-state index contributed by atoms with van der Waals surface area (Å²) in [5.41, 5.74) is -0.467. The van der Waals surface area contributed by atoms with Gasteiger partial charge >= 0.3 is 5.97 Å². The highest BCUT2D eigenvalue weighted by atomic mass is 16.4. The number of rotatable bonds is 2. The van der Waals surface area contributed by atoms with E-state index >= 15 is 0 Å². The minimum Gasteiger partial charge on any atom is -0.481 e. The summed E-state index contributed by atoms with van der Waals surface area (Å²) >= 11 is 0. The van der Waals surface area contributed by atoms with Crippen LogP contribution in [0, 0.1) is 28.6 Å². The minimum absolute atomic E-state index is 0.0109. The fraction of sp³-hybridized carbons (Fsp3) is 0.875. The van der Waals surface area contributed by atoms with E-state index < -0.39 is 29.3 Å². The van der Waals surface area contributed by atoms with Gasteiger partial charge in [0, 0.05) is 13.1 Å². The Labute approximate surface area is 126 Å². The third-order valence-corrected chi connectivity index (χ3v) is 5.37. The standard InChI is InChI=1S/C16H27NO4/c1-15(2,3)9-6-7-17(8-10(9)18)13(19)11-12(14(20)21)16(11,4)5/h9-12,18H,6-8H2,1-5H3,(H,20,21)/t9?,10?,11-,12+/m0/s1. The molecule has 2 N–H and O–H groups in total. The zero-order valence-corrected chi connectivity index (χ0v) is 13.6. The van der Waals surface area contributed by atoms with Crippen molar-refractivity contribution in [3.8, 4) is 0 Å². The average Bonchev–Trinajstić information content (AvgIpc) is 2.89. The molecule has 0 radical (unpaired) electrons. The van der Waals surface area contributed by atoms with E-state index in [1.807, 2.05) is 13.8 Å². The van der Waals surface area contributed by atoms with E-state index in [9.17, 15) is 19.8 Å². The van der Waals surface area contributed by atoms with E-state index in [2.05, 4.69) is 20.8 Å². The highest BCUT2D eigenvalue weighted by Crippen LogP contribution is 2.59. The molecule has 0 aromatic rings. The molecular weight excluding hydrogens is 270 g/mol. The summed E-state index contributed by atoms with van der Waals surface area (Å²) in [6.45, 7) is 10.9. The summed E-state index contributed by atoms with van der Waals surface area (Å²) < 4.78 is 0. The Balaban J connectivity index is 2.03. The Bertz CT molecular complexity index is 452. The summed E-state index contributed by atoms with van der Waals surface area (Å²) in [4.78, 5) is 25.4. The number of β-amino-alcohol motifs (C(OH)–C–C–N with tert-alkyl or cyclic N) is 1. The first kappa shape index (κ1) is 16.3. The number of hydrogen-bond acceptors (Lipinski definition) is 3. The van der Waals surface area contributed by atoms with Crippen molar-refractivity contribution in [2.45, 2.75) is 47.1 Å². The van der Waals surface area contributed by atoms with Crippen molar-refractivity contribution < 1.29 is 19.8 Å². The van der Waals surface area contributed by atoms with Crippen LogP contribution in [0.25, 0.3) is 0 Å². The Kier molecular flexibility index (Phi) is 3.85. The predicted octanol–water partition coefficient (Wildman–Crippen LogP) is 1.60. The van der Waals surface area contributed by atoms with Gasteiger partial charge in [0.1, 0.15) is 0 Å². The zero-order valence-electron chi connectivity index (χ0n) is 13.6. The first-order valence-electron chi connectivity index (χ1n) is 7.67. The summed E-state index contributed by atoms with van der Waals surface area (Å²) in [6, 6.07) is 0. The molecule has 21 heavy (non-hydrogen) atoms. The van der Waals surface area contributed by atoms with Crippen molar-refractivity contribution in [2.24, 2.45) is 28.6 Å². The van der Waals surface area contributed by atoms with E-state index in [-0.39, 0.29) is 17.2 Å². The number of hydrogen-bond donors (Lipinski definition) is 2. The molecule has 5 heteroatoms. The van der Waals surface area contributed by atoms with E-state index in [1.54, 1.807) is 4.90 Å². The summed E-state index contributed by atoms with van der Waals surface area (Å²) in [5.74, 6) is -1.89. The van der Waals surface area contributed by atoms with Crippen LogP contribution >= 0.6 is 0 Å². The second-order valence-electron chi connectivity index (χ2n) is 8.23. The molecule has 0 spiro atoms. The van der Waals surface area contributed by atoms with Crippen molar-refractivity contribution in [2.75, 3.05) is 13.1 Å². The van der Waals surface area contributed by atoms with E-state index in [0.29, 0.717) is 13.1 Å². The van der Waals surface area contributed by atoms with Crippen LogP contribution in [-0.2, 0) is 9.59 Å². The number of carboxylic acids is 1. The maximum absolute atomic E-state index is 12.5. The van der Waals surface area contributed by atoms with Crippen LogP contribution in [0.2, 0.25) is 0 Å². The number of nitrogens with zero attached hydrogens (tertiary/aromatic N) is 1. The van der Waals surface area contributed by atoms with Gasteiger partial charge in [0.15, 0.2) is 0 Å². The molecule has 1 aliphatic carbocycles. The van der Waals surface area contributed by atoms with Gasteiger partial charge in [-0.15, -0.1) is 0 Å². The number of amides is 1. The molecule has 1 aliphatic heterocycles. The summed E-state index contributed by atoms with van der Waals surface area (Å²) in [7, 11) is 0. The van der Waals surface area contributed by atoms with E-state index in [0.717, 1.165) is 6.42 Å². The van der Waals surface area contributed by atoms with E-state index in [4.69, 9.17) is 0 Å². The molecule has 1 amide bonds. The number of carbonyl (C=O) groups is 2. The van der Waals surface area contributed by atoms with Gasteiger partial charge in [-0.05, 0) is 23.2 Å². The Morgan fingerprint density at radius 1 is 1.19 bits per heavy atom. The van der Waals surface area contributed by atoms with Crippen LogP contribution in [-0.4, -0.2) is 46.2 Å². The maximum Gasteiger partial charge on any atom is 0.307 e. The largest absolute Gasteiger partial charge is 0.481 e. The van der Waals surface area contributed by atoms with Crippen molar-refractivity contribution in [3.63, 3.8) is 0 Å². The number of piperidine rings is 1. The monoisotopic (exact) mass is 297 g/mol. The number of carbonyl (C=O) groups excluding carboxylic acids is 1. The highest BCUT2D eigenvalue weighted by molar-refractivity contribution is 5.91. The molecule has 1 saturated carbocycles. The quantitative estimate of drug-likeness (QED) is 0.811. The molecule has 0 aromatic heterocycles. The third kappa shape index (κ3) is 2.80. The van der Waals surface area contributed by atoms with Crippen LogP contribution in [0.5, 0.6) is 0 Å². The van der Waals surface area contributed by atoms with Crippen LogP contribution in [0.4, 0.5) is 0 Å². The summed E-state index contributed by atoms with van der Waals surface area (Å²) in [6.07, 6.45) is 0.231. The fourth-order valence-corrected chi connectivity index (χ4v) is 3.90. The van der Waals surface area contributed by atoms with Crippen molar-refractivity contribution >= 4 is 11.9 Å². The second-order valence-corrected chi connectivity index (χ2v) is 8.23. The lowest BCUT2D eigenvalue weighted by Crippen LogP contribution is -2.50. The summed E-state index contributed by atoms with van der Waals surface area (Å²) in [5, 5.41) is 19.5. The number of likely N-dealkylation sites (tertiary alicyclic amines) is 1. The van der Waals surface area contributed by atoms with Crippen molar-refractivity contribution in [1.29, 1.82) is 0 Å². The zero-order chi connectivity index (χ0) is 16.2. The molecule has 2 aliphatic rings. The number of carboxylic acid groups (broad SMARTS) is 1. The van der Waals surface area contributed by atoms with Gasteiger partial charge in [-0.3, -0.25) is 9.59 Å². The van der Waals surface area contributed by atoms with Gasteiger partial charge in [-0.1, -0.05) is 34.6 Å². The molecule has 0 bridgehead atoms. The lowest BCUT2D eigenvalue weighted by atomic mass is 9.73. The molecule has 5 nitrogen and oxygen atoms in total. The first-order chi connectivity index (χ1) is 9.48. The first-order valence-corrected chi connectivity index (χ1v) is 7.67. The fourth-order valence-electron chi connectivity index (χ4n) is 3.90. The van der Waals surface area contributed by atoms with Crippen LogP contribution in [0.3, 0.4) is 0 Å². The Morgan fingerprint density at radius 3 is 2.14 bits per heavy atom. The topological polar surface area (TPSA) is 77.8 Å². The van der Waals surface area contributed by atoms with Crippen LogP contribution < -0.4 is 0 Å². The lowest BCUT2D eigenvalue weighted by molar-refractivity contribution is -0.144. The molecule has 1 heterocycles. The molecule has 2 fully saturated rings. The highest BCUT2D eigenvalue weighted by Gasteiger charge is 2.66. The van der Waals surface area contributed by atoms with Gasteiger partial charge in [-0.2, -0.15) is 0 Å². The minimum atomic E-state index is -0.900. The van der Waals surface area contributed by atoms with Crippen molar-refractivity contribution in [1.82, 2.24) is 4.90 Å². The predicted molar refractivity (Wildman–Crippen MR) is 78.5 cm³/mol. The van der Waals surface area contributed by atoms with Gasteiger partial charge in [0.2, 0.25) is 5.91 Å². The smallest absolute Gasteiger partial charge is 0.307 e. The van der Waals surface area contributed by atoms with Crippen molar-refractivity contribution in [3.05, 3.63) is 0 Å². The second kappa shape index (κ2) is 4.97. The molecule has 4 atom stereocenters. The Hall–Kier alpha value is -1.10.